The Morgan fingerprint density at radius 1 is 1.00 bits per heavy atom. The molecule has 4 aromatic rings. The predicted octanol–water partition coefficient (Wildman–Crippen LogP) is 6.66. The number of carbonyl (C=O) groups is 1. The Morgan fingerprint density at radius 2 is 1.72 bits per heavy atom. The monoisotopic (exact) mass is 521 g/mol. The van der Waals surface area contributed by atoms with Crippen LogP contribution >= 0.6 is 11.6 Å². The lowest BCUT2D eigenvalue weighted by atomic mass is 10.0. The van der Waals surface area contributed by atoms with Crippen molar-refractivity contribution in [3.63, 3.8) is 0 Å². The molecule has 0 radical (unpaired) electrons. The Bertz CT molecular complexity index is 1500. The molecule has 184 valence electrons. The van der Waals surface area contributed by atoms with Gasteiger partial charge < -0.3 is 9.30 Å². The van der Waals surface area contributed by atoms with E-state index >= 15 is 0 Å². The molecule has 0 unspecified atom stereocenters. The molecule has 0 aliphatic heterocycles. The zero-order chi connectivity index (χ0) is 25.7. The fraction of sp³-hybridized carbons (Fsp3) is 0.185. The fourth-order valence-electron chi connectivity index (χ4n) is 3.86. The van der Waals surface area contributed by atoms with Crippen LogP contribution in [0.3, 0.4) is 0 Å². The van der Waals surface area contributed by atoms with E-state index in [1.54, 1.807) is 6.07 Å². The summed E-state index contributed by atoms with van der Waals surface area (Å²) in [7, 11) is -2.89. The van der Waals surface area contributed by atoms with E-state index < -0.39 is 16.6 Å². The standard InChI is InChI=1S/C27H24ClN3O4S/c1-18(2)26-29-23(20-7-4-3-5-8-20)17-31(26)22-15-12-19(13-16-22)11-14-21-9-6-10-24(25(21)28)35-27(32)30-36(33)34/h3-10,12-13,15-18H,11,14H2,1-2H3. The summed E-state index contributed by atoms with van der Waals surface area (Å²) >= 11 is 6.38. The first-order valence-corrected chi connectivity index (χ1v) is 12.8. The minimum atomic E-state index is -2.89. The second kappa shape index (κ2) is 11.3. The molecule has 9 heteroatoms. The van der Waals surface area contributed by atoms with Gasteiger partial charge in [-0.05, 0) is 42.2 Å². The van der Waals surface area contributed by atoms with Crippen LogP contribution in [0.5, 0.6) is 5.75 Å². The maximum atomic E-state index is 11.5. The van der Waals surface area contributed by atoms with E-state index in [1.165, 1.54) is 6.07 Å². The van der Waals surface area contributed by atoms with E-state index in [-0.39, 0.29) is 16.7 Å². The maximum absolute atomic E-state index is 11.5. The molecule has 0 spiro atoms. The first kappa shape index (κ1) is 25.3. The number of aromatic nitrogens is 2. The first-order chi connectivity index (χ1) is 17.3. The van der Waals surface area contributed by atoms with Gasteiger partial charge in [-0.3, -0.25) is 0 Å². The number of hydrogen-bond acceptors (Lipinski definition) is 5. The van der Waals surface area contributed by atoms with Gasteiger partial charge in [0.05, 0.1) is 10.7 Å². The van der Waals surface area contributed by atoms with Gasteiger partial charge in [0.15, 0.2) is 5.75 Å². The molecule has 7 nitrogen and oxygen atoms in total. The molecular weight excluding hydrogens is 498 g/mol. The molecule has 0 aliphatic rings. The molecule has 1 heterocycles. The van der Waals surface area contributed by atoms with Crippen LogP contribution in [0, 0.1) is 0 Å². The zero-order valence-corrected chi connectivity index (χ0v) is 21.3. The molecule has 0 saturated heterocycles. The van der Waals surface area contributed by atoms with Crippen molar-refractivity contribution >= 4 is 28.2 Å². The van der Waals surface area contributed by atoms with Crippen molar-refractivity contribution in [1.82, 2.24) is 9.55 Å². The van der Waals surface area contributed by atoms with Crippen molar-refractivity contribution in [1.29, 1.82) is 0 Å². The van der Waals surface area contributed by atoms with E-state index in [1.807, 2.05) is 24.3 Å². The number of amides is 1. The zero-order valence-electron chi connectivity index (χ0n) is 19.8. The largest absolute Gasteiger partial charge is 0.454 e. The number of imidazole rings is 1. The van der Waals surface area contributed by atoms with Crippen molar-refractivity contribution in [3.8, 4) is 22.7 Å². The average molecular weight is 522 g/mol. The Kier molecular flexibility index (Phi) is 7.97. The third-order valence-corrected chi connectivity index (χ3v) is 6.33. The summed E-state index contributed by atoms with van der Waals surface area (Å²) in [6.07, 6.45) is 2.15. The van der Waals surface area contributed by atoms with Crippen LogP contribution in [0.25, 0.3) is 16.9 Å². The SMILES string of the molecule is CC(C)c1nc(-c2ccccc2)cn1-c1ccc(CCc2cccc(OC(=O)N=S(=O)=O)c2Cl)cc1. The van der Waals surface area contributed by atoms with Gasteiger partial charge in [0.2, 0.25) is 0 Å². The predicted molar refractivity (Wildman–Crippen MR) is 139 cm³/mol. The number of rotatable bonds is 7. The highest BCUT2D eigenvalue weighted by Crippen LogP contribution is 2.30. The summed E-state index contributed by atoms with van der Waals surface area (Å²) in [5, 5.41) is 0.253. The van der Waals surface area contributed by atoms with Gasteiger partial charge in [-0.1, -0.05) is 84.4 Å². The van der Waals surface area contributed by atoms with Gasteiger partial charge in [0, 0.05) is 23.4 Å². The topological polar surface area (TPSA) is 90.6 Å². The second-order valence-electron chi connectivity index (χ2n) is 8.45. The summed E-state index contributed by atoms with van der Waals surface area (Å²) in [5.41, 5.74) is 4.94. The number of nitrogens with zero attached hydrogens (tertiary/aromatic N) is 3. The molecule has 0 fully saturated rings. The Labute approximate surface area is 216 Å². The van der Waals surface area contributed by atoms with Gasteiger partial charge in [0.25, 0.3) is 0 Å². The average Bonchev–Trinajstić information content (AvgIpc) is 3.31. The Morgan fingerprint density at radius 3 is 2.39 bits per heavy atom. The summed E-state index contributed by atoms with van der Waals surface area (Å²) in [6.45, 7) is 4.26. The van der Waals surface area contributed by atoms with Crippen molar-refractivity contribution in [3.05, 3.63) is 101 Å². The smallest absolute Gasteiger partial charge is 0.406 e. The molecule has 0 bridgehead atoms. The number of aryl methyl sites for hydroxylation is 2. The van der Waals surface area contributed by atoms with Crippen LogP contribution in [-0.4, -0.2) is 24.1 Å². The van der Waals surface area contributed by atoms with E-state index in [9.17, 15) is 13.2 Å². The van der Waals surface area contributed by atoms with Gasteiger partial charge in [-0.2, -0.15) is 8.42 Å². The highest BCUT2D eigenvalue weighted by atomic mass is 35.5. The molecule has 3 aromatic carbocycles. The number of hydrogen-bond donors (Lipinski definition) is 0. The van der Waals surface area contributed by atoms with Crippen LogP contribution in [0.4, 0.5) is 4.79 Å². The number of halogens is 1. The van der Waals surface area contributed by atoms with Crippen molar-refractivity contribution in [2.45, 2.75) is 32.6 Å². The highest BCUT2D eigenvalue weighted by Gasteiger charge is 2.15. The summed E-state index contributed by atoms with van der Waals surface area (Å²) < 4.78 is 30.9. The molecule has 0 atom stereocenters. The van der Waals surface area contributed by atoms with Crippen LogP contribution in [-0.2, 0) is 23.3 Å². The molecular formula is C27H24ClN3O4S. The number of benzene rings is 3. The summed E-state index contributed by atoms with van der Waals surface area (Å²) in [5.74, 6) is 1.32. The lowest BCUT2D eigenvalue weighted by molar-refractivity contribution is 0.212. The molecule has 1 aromatic heterocycles. The molecule has 1 amide bonds. The van der Waals surface area contributed by atoms with Crippen molar-refractivity contribution in [2.24, 2.45) is 4.36 Å². The van der Waals surface area contributed by atoms with E-state index in [0.717, 1.165) is 33.9 Å². The molecule has 4 rings (SSSR count). The van der Waals surface area contributed by atoms with Crippen molar-refractivity contribution in [2.75, 3.05) is 0 Å². The highest BCUT2D eigenvalue weighted by molar-refractivity contribution is 7.62. The minimum Gasteiger partial charge on any atom is -0.406 e. The summed E-state index contributed by atoms with van der Waals surface area (Å²) in [4.78, 5) is 16.4. The Hall–Kier alpha value is -3.75. The van der Waals surface area contributed by atoms with Gasteiger partial charge in [0.1, 0.15) is 5.82 Å². The van der Waals surface area contributed by atoms with E-state index in [4.69, 9.17) is 21.3 Å². The molecule has 0 aliphatic carbocycles. The Balaban J connectivity index is 1.50. The third kappa shape index (κ3) is 6.08. The van der Waals surface area contributed by atoms with Crippen LogP contribution in [0.15, 0.2) is 83.4 Å². The molecule has 36 heavy (non-hydrogen) atoms. The second-order valence-corrected chi connectivity index (χ2v) is 9.44. The summed E-state index contributed by atoms with van der Waals surface area (Å²) in [6, 6.07) is 23.4. The van der Waals surface area contributed by atoms with Crippen LogP contribution in [0.1, 0.15) is 36.7 Å². The normalized spacial score (nSPS) is 10.9. The van der Waals surface area contributed by atoms with E-state index in [2.05, 4.69) is 65.4 Å². The fourth-order valence-corrected chi connectivity index (χ4v) is 4.28. The quantitative estimate of drug-likeness (QED) is 0.271. The first-order valence-electron chi connectivity index (χ1n) is 11.4. The van der Waals surface area contributed by atoms with Crippen LogP contribution < -0.4 is 4.74 Å². The van der Waals surface area contributed by atoms with Gasteiger partial charge in [-0.25, -0.2) is 9.78 Å². The van der Waals surface area contributed by atoms with E-state index in [0.29, 0.717) is 12.8 Å². The number of carbonyl (C=O) groups excluding carboxylic acids is 1. The third-order valence-electron chi connectivity index (χ3n) is 5.61. The van der Waals surface area contributed by atoms with Gasteiger partial charge in [-0.15, -0.1) is 0 Å². The van der Waals surface area contributed by atoms with Crippen molar-refractivity contribution < 1.29 is 17.9 Å². The minimum absolute atomic E-state index is 0.0688. The maximum Gasteiger partial charge on any atom is 0.454 e. The van der Waals surface area contributed by atoms with Crippen LogP contribution in [0.2, 0.25) is 5.02 Å². The number of ether oxygens (including phenoxy) is 1. The van der Waals surface area contributed by atoms with Gasteiger partial charge >= 0.3 is 16.6 Å². The molecule has 0 N–H and O–H groups in total. The molecule has 0 saturated carbocycles. The lowest BCUT2D eigenvalue weighted by Crippen LogP contribution is -2.03. The lowest BCUT2D eigenvalue weighted by Gasteiger charge is -2.11.